The lowest BCUT2D eigenvalue weighted by atomic mass is 9.93. The minimum atomic E-state index is -4.56. The number of fused-ring (bicyclic) bond motifs is 1. The molecule has 0 atom stereocenters. The first-order valence-corrected chi connectivity index (χ1v) is 11.8. The van der Waals surface area contributed by atoms with E-state index in [1.165, 1.54) is 12.1 Å². The van der Waals surface area contributed by atoms with Crippen molar-refractivity contribution in [2.75, 3.05) is 18.2 Å². The van der Waals surface area contributed by atoms with Gasteiger partial charge < -0.3 is 15.8 Å². The maximum atomic E-state index is 13.1. The summed E-state index contributed by atoms with van der Waals surface area (Å²) in [7, 11) is 3.34. The summed E-state index contributed by atoms with van der Waals surface area (Å²) in [5.74, 6) is -0.0442. The lowest BCUT2D eigenvalue weighted by Gasteiger charge is -2.18. The van der Waals surface area contributed by atoms with E-state index >= 15 is 0 Å². The Morgan fingerprint density at radius 1 is 1.08 bits per heavy atom. The van der Waals surface area contributed by atoms with Gasteiger partial charge in [0.05, 0.1) is 30.0 Å². The van der Waals surface area contributed by atoms with Crippen LogP contribution in [-0.2, 0) is 13.2 Å². The third-order valence-electron chi connectivity index (χ3n) is 6.28. The molecule has 8 nitrogen and oxygen atoms in total. The summed E-state index contributed by atoms with van der Waals surface area (Å²) < 4.78 is 47.0. The highest BCUT2D eigenvalue weighted by Gasteiger charge is 2.31. The fourth-order valence-electron chi connectivity index (χ4n) is 4.43. The first-order chi connectivity index (χ1) is 18.5. The number of benzene rings is 3. The molecule has 2 aromatic heterocycles. The highest BCUT2D eigenvalue weighted by atomic mass is 19.4. The predicted molar refractivity (Wildman–Crippen MR) is 142 cm³/mol. The molecule has 198 valence electrons. The Hall–Kier alpha value is -4.93. The van der Waals surface area contributed by atoms with Crippen molar-refractivity contribution in [3.8, 4) is 28.0 Å². The summed E-state index contributed by atoms with van der Waals surface area (Å²) in [6.45, 7) is 1.90. The van der Waals surface area contributed by atoms with E-state index in [9.17, 15) is 18.0 Å². The molecule has 0 unspecified atom stereocenters. The summed E-state index contributed by atoms with van der Waals surface area (Å²) >= 11 is 0. The number of nitrogens with zero attached hydrogens (tertiary/aromatic N) is 4. The van der Waals surface area contributed by atoms with Gasteiger partial charge in [-0.15, -0.1) is 0 Å². The molecule has 0 bridgehead atoms. The number of hydrogen-bond acceptors (Lipinski definition) is 6. The zero-order valence-corrected chi connectivity index (χ0v) is 21.2. The smallest absolute Gasteiger partial charge is 0.416 e. The van der Waals surface area contributed by atoms with Crippen LogP contribution in [-0.4, -0.2) is 32.8 Å². The Balaban J connectivity index is 1.62. The Morgan fingerprint density at radius 2 is 1.87 bits per heavy atom. The number of alkyl halides is 3. The molecule has 0 spiro atoms. The molecular weight excluding hydrogens is 509 g/mol. The highest BCUT2D eigenvalue weighted by molar-refractivity contribution is 6.06. The van der Waals surface area contributed by atoms with E-state index in [2.05, 4.69) is 20.4 Å². The zero-order chi connectivity index (χ0) is 27.9. The lowest BCUT2D eigenvalue weighted by molar-refractivity contribution is -0.137. The molecule has 2 heterocycles. The molecule has 3 aromatic carbocycles. The molecule has 0 saturated heterocycles. The molecule has 39 heavy (non-hydrogen) atoms. The number of nitrogen functional groups attached to an aromatic ring is 1. The van der Waals surface area contributed by atoms with E-state index in [4.69, 9.17) is 10.5 Å². The number of halogens is 3. The predicted octanol–water partition coefficient (Wildman–Crippen LogP) is 5.87. The van der Waals surface area contributed by atoms with Crippen molar-refractivity contribution in [1.29, 1.82) is 0 Å². The Labute approximate surface area is 221 Å². The van der Waals surface area contributed by atoms with Crippen LogP contribution in [0.25, 0.3) is 33.2 Å². The van der Waals surface area contributed by atoms with Gasteiger partial charge in [-0.3, -0.25) is 9.48 Å². The van der Waals surface area contributed by atoms with Gasteiger partial charge >= 0.3 is 6.18 Å². The number of amides is 1. The van der Waals surface area contributed by atoms with Crippen LogP contribution in [0.3, 0.4) is 0 Å². The quantitative estimate of drug-likeness (QED) is 0.293. The molecule has 0 aliphatic carbocycles. The fourth-order valence-corrected chi connectivity index (χ4v) is 4.43. The number of nitrogens with two attached hydrogens (primary N) is 1. The van der Waals surface area contributed by atoms with Gasteiger partial charge in [0.2, 0.25) is 5.95 Å². The monoisotopic (exact) mass is 532 g/mol. The van der Waals surface area contributed by atoms with Gasteiger partial charge in [-0.2, -0.15) is 18.3 Å². The molecule has 0 saturated carbocycles. The van der Waals surface area contributed by atoms with Crippen LogP contribution in [0.1, 0.15) is 21.5 Å². The summed E-state index contributed by atoms with van der Waals surface area (Å²) in [5.41, 5.74) is 9.62. The topological polar surface area (TPSA) is 108 Å². The average Bonchev–Trinajstić information content (AvgIpc) is 3.33. The van der Waals surface area contributed by atoms with Crippen molar-refractivity contribution in [3.63, 3.8) is 0 Å². The maximum Gasteiger partial charge on any atom is 0.416 e. The summed E-state index contributed by atoms with van der Waals surface area (Å²) in [6.07, 6.45) is 0.589. The number of nitrogens with one attached hydrogen (secondary N) is 1. The number of anilines is 2. The average molecular weight is 533 g/mol. The fraction of sp³-hybridized carbons (Fsp3) is 0.143. The number of carbonyl (C=O) groups is 1. The summed E-state index contributed by atoms with van der Waals surface area (Å²) in [6, 6.07) is 11.4. The first kappa shape index (κ1) is 25.7. The van der Waals surface area contributed by atoms with Crippen LogP contribution in [0.15, 0.2) is 67.1 Å². The standard InChI is InChI=1S/C28H23F3N6O2/c1-15-7-8-20(35-26(38)16-5-4-6-19(9-16)28(29,30)31)11-21(15)22-10-17-12-33-27(32)36-24(17)23(25(22)39-3)18-13-34-37(2)14-18/h4-14H,1-3H3,(H,35,38)(H2,32,33,36). The van der Waals surface area contributed by atoms with E-state index in [-0.39, 0.29) is 11.5 Å². The number of ether oxygens (including phenoxy) is 1. The molecule has 0 aliphatic heterocycles. The largest absolute Gasteiger partial charge is 0.495 e. The van der Waals surface area contributed by atoms with Crippen LogP contribution in [0, 0.1) is 6.92 Å². The number of hydrogen-bond donors (Lipinski definition) is 2. The van der Waals surface area contributed by atoms with E-state index in [0.717, 1.165) is 28.8 Å². The van der Waals surface area contributed by atoms with E-state index < -0.39 is 17.6 Å². The summed E-state index contributed by atoms with van der Waals surface area (Å²) in [5, 5.41) is 7.69. The molecule has 0 fully saturated rings. The Morgan fingerprint density at radius 3 is 2.56 bits per heavy atom. The number of rotatable bonds is 5. The van der Waals surface area contributed by atoms with E-state index in [0.29, 0.717) is 33.5 Å². The molecule has 5 aromatic rings. The van der Waals surface area contributed by atoms with Crippen LogP contribution in [0.5, 0.6) is 5.75 Å². The van der Waals surface area contributed by atoms with Gasteiger partial charge in [-0.1, -0.05) is 12.1 Å². The zero-order valence-electron chi connectivity index (χ0n) is 21.2. The van der Waals surface area contributed by atoms with Gasteiger partial charge in [0, 0.05) is 47.2 Å². The van der Waals surface area contributed by atoms with Crippen LogP contribution >= 0.6 is 0 Å². The van der Waals surface area contributed by atoms with Crippen molar-refractivity contribution in [3.05, 3.63) is 83.8 Å². The maximum absolute atomic E-state index is 13.1. The van der Waals surface area contributed by atoms with Gasteiger partial charge in [0.25, 0.3) is 5.91 Å². The van der Waals surface area contributed by atoms with Crippen molar-refractivity contribution < 1.29 is 22.7 Å². The minimum Gasteiger partial charge on any atom is -0.495 e. The molecular formula is C28H23F3N6O2. The van der Waals surface area contributed by atoms with E-state index in [1.807, 2.05) is 25.3 Å². The van der Waals surface area contributed by atoms with E-state index in [1.54, 1.807) is 43.4 Å². The SMILES string of the molecule is COc1c(-c2cc(NC(=O)c3cccc(C(F)(F)F)c3)ccc2C)cc2cnc(N)nc2c1-c1cnn(C)c1. The van der Waals surface area contributed by atoms with Gasteiger partial charge in [-0.05, 0) is 54.4 Å². The molecule has 3 N–H and O–H groups in total. The van der Waals surface area contributed by atoms with Crippen LogP contribution < -0.4 is 15.8 Å². The van der Waals surface area contributed by atoms with Crippen LogP contribution in [0.4, 0.5) is 24.8 Å². The van der Waals surface area contributed by atoms with Gasteiger partial charge in [0.15, 0.2) is 0 Å². The van der Waals surface area contributed by atoms with Crippen LogP contribution in [0.2, 0.25) is 0 Å². The second-order valence-electron chi connectivity index (χ2n) is 8.96. The normalized spacial score (nSPS) is 11.5. The molecule has 1 amide bonds. The third kappa shape index (κ3) is 4.98. The number of aromatic nitrogens is 4. The third-order valence-corrected chi connectivity index (χ3v) is 6.28. The number of aryl methyl sites for hydroxylation is 2. The van der Waals surface area contributed by atoms with Crippen molar-refractivity contribution in [1.82, 2.24) is 19.7 Å². The second kappa shape index (κ2) is 9.75. The second-order valence-corrected chi connectivity index (χ2v) is 8.96. The number of carbonyl (C=O) groups excluding carboxylic acids is 1. The van der Waals surface area contributed by atoms with Crippen molar-refractivity contribution >= 4 is 28.4 Å². The Kier molecular flexibility index (Phi) is 6.43. The molecule has 0 radical (unpaired) electrons. The number of methoxy groups -OCH3 is 1. The summed E-state index contributed by atoms with van der Waals surface area (Å²) in [4.78, 5) is 21.5. The Bertz CT molecular complexity index is 1730. The lowest BCUT2D eigenvalue weighted by Crippen LogP contribution is -2.14. The molecule has 0 aliphatic rings. The minimum absolute atomic E-state index is 0.108. The highest BCUT2D eigenvalue weighted by Crippen LogP contribution is 2.45. The van der Waals surface area contributed by atoms with Gasteiger partial charge in [0.1, 0.15) is 5.75 Å². The molecule has 11 heteroatoms. The first-order valence-electron chi connectivity index (χ1n) is 11.8. The van der Waals surface area contributed by atoms with Crippen molar-refractivity contribution in [2.24, 2.45) is 7.05 Å². The van der Waals surface area contributed by atoms with Gasteiger partial charge in [-0.25, -0.2) is 9.97 Å². The van der Waals surface area contributed by atoms with Crippen molar-refractivity contribution in [2.45, 2.75) is 13.1 Å². The molecule has 5 rings (SSSR count).